The summed E-state index contributed by atoms with van der Waals surface area (Å²) in [6.45, 7) is 2.28. The van der Waals surface area contributed by atoms with Gasteiger partial charge >= 0.3 is 0 Å². The van der Waals surface area contributed by atoms with Crippen LogP contribution >= 0.6 is 0 Å². The molecule has 0 N–H and O–H groups in total. The van der Waals surface area contributed by atoms with Crippen molar-refractivity contribution >= 4 is 0 Å². The molecule has 1 aliphatic carbocycles. The van der Waals surface area contributed by atoms with E-state index in [1.165, 1.54) is 12.8 Å². The largest absolute Gasteiger partial charge is 0.379 e. The van der Waals surface area contributed by atoms with E-state index in [0.717, 1.165) is 12.5 Å². The van der Waals surface area contributed by atoms with Gasteiger partial charge in [-0.3, -0.25) is 0 Å². The van der Waals surface area contributed by atoms with Crippen molar-refractivity contribution in [3.63, 3.8) is 0 Å². The normalized spacial score (nSPS) is 16.0. The van der Waals surface area contributed by atoms with Crippen LogP contribution in [0.2, 0.25) is 0 Å². The van der Waals surface area contributed by atoms with Gasteiger partial charge in [-0.1, -0.05) is 0 Å². The smallest absolute Gasteiger partial charge is 0.179 e. The quantitative estimate of drug-likeness (QED) is 0.334. The molecule has 0 amide bonds. The summed E-state index contributed by atoms with van der Waals surface area (Å²) in [7, 11) is 1.76. The first-order chi connectivity index (χ1) is 5.33. The standard InChI is InChI=1S/C8H14N2O/c1-10(7-9)4-5-11-6-8-2-3-8/h8H,2-6H2,1H3. The van der Waals surface area contributed by atoms with Crippen molar-refractivity contribution in [1.29, 1.82) is 5.26 Å². The van der Waals surface area contributed by atoms with E-state index in [1.54, 1.807) is 11.9 Å². The molecule has 0 radical (unpaired) electrons. The van der Waals surface area contributed by atoms with E-state index in [0.29, 0.717) is 13.2 Å². The van der Waals surface area contributed by atoms with Crippen LogP contribution in [-0.2, 0) is 4.74 Å². The fourth-order valence-electron chi connectivity index (χ4n) is 0.786. The lowest BCUT2D eigenvalue weighted by molar-refractivity contribution is 0.114. The molecule has 0 unspecified atom stereocenters. The monoisotopic (exact) mass is 154 g/mol. The zero-order chi connectivity index (χ0) is 8.10. The van der Waals surface area contributed by atoms with E-state index in [1.807, 2.05) is 6.19 Å². The number of nitriles is 1. The molecule has 62 valence electrons. The number of ether oxygens (including phenoxy) is 1. The summed E-state index contributed by atoms with van der Waals surface area (Å²) in [5, 5.41) is 8.38. The topological polar surface area (TPSA) is 36.3 Å². The number of likely N-dealkylation sites (N-methyl/N-ethyl adjacent to an activating group) is 1. The Bertz CT molecular complexity index is 149. The van der Waals surface area contributed by atoms with Gasteiger partial charge in [0.05, 0.1) is 13.2 Å². The lowest BCUT2D eigenvalue weighted by atomic mass is 10.5. The summed E-state index contributed by atoms with van der Waals surface area (Å²) < 4.78 is 5.34. The number of hydrogen-bond donors (Lipinski definition) is 0. The van der Waals surface area contributed by atoms with E-state index < -0.39 is 0 Å². The van der Waals surface area contributed by atoms with Gasteiger partial charge in [-0.15, -0.1) is 0 Å². The van der Waals surface area contributed by atoms with E-state index in [4.69, 9.17) is 10.00 Å². The zero-order valence-corrected chi connectivity index (χ0v) is 6.92. The summed E-state index contributed by atoms with van der Waals surface area (Å²) in [4.78, 5) is 1.58. The Labute approximate surface area is 67.6 Å². The Morgan fingerprint density at radius 2 is 2.36 bits per heavy atom. The molecule has 1 saturated carbocycles. The molecule has 3 heteroatoms. The third kappa shape index (κ3) is 3.84. The van der Waals surface area contributed by atoms with Crippen molar-refractivity contribution < 1.29 is 4.74 Å². The van der Waals surface area contributed by atoms with Gasteiger partial charge in [0.1, 0.15) is 0 Å². The van der Waals surface area contributed by atoms with Crippen LogP contribution in [0.15, 0.2) is 0 Å². The fraction of sp³-hybridized carbons (Fsp3) is 0.875. The van der Waals surface area contributed by atoms with Crippen LogP contribution in [0.1, 0.15) is 12.8 Å². The van der Waals surface area contributed by atoms with Gasteiger partial charge in [0.2, 0.25) is 0 Å². The first kappa shape index (κ1) is 8.35. The highest BCUT2D eigenvalue weighted by atomic mass is 16.5. The molecule has 0 heterocycles. The molecule has 1 rings (SSSR count). The van der Waals surface area contributed by atoms with E-state index in [-0.39, 0.29) is 0 Å². The summed E-state index contributed by atoms with van der Waals surface area (Å²) >= 11 is 0. The van der Waals surface area contributed by atoms with Crippen LogP contribution in [0.3, 0.4) is 0 Å². The maximum Gasteiger partial charge on any atom is 0.179 e. The Morgan fingerprint density at radius 1 is 1.64 bits per heavy atom. The number of nitrogens with zero attached hydrogens (tertiary/aromatic N) is 2. The minimum absolute atomic E-state index is 0.681. The molecular formula is C8H14N2O. The van der Waals surface area contributed by atoms with Gasteiger partial charge in [-0.05, 0) is 18.8 Å². The molecular weight excluding hydrogens is 140 g/mol. The van der Waals surface area contributed by atoms with Crippen molar-refractivity contribution in [3.8, 4) is 6.19 Å². The second-order valence-electron chi connectivity index (χ2n) is 3.04. The second-order valence-corrected chi connectivity index (χ2v) is 3.04. The Balaban J connectivity index is 1.83. The summed E-state index contributed by atoms with van der Waals surface area (Å²) in [5.74, 6) is 0.822. The predicted octanol–water partition coefficient (Wildman–Crippen LogP) is 0.826. The third-order valence-corrected chi connectivity index (χ3v) is 1.79. The van der Waals surface area contributed by atoms with Gasteiger partial charge in [0.15, 0.2) is 6.19 Å². The summed E-state index contributed by atoms with van der Waals surface area (Å²) in [5.41, 5.74) is 0. The maximum atomic E-state index is 8.38. The van der Waals surface area contributed by atoms with Crippen molar-refractivity contribution in [3.05, 3.63) is 0 Å². The first-order valence-corrected chi connectivity index (χ1v) is 4.01. The van der Waals surface area contributed by atoms with Gasteiger partial charge in [-0.25, -0.2) is 0 Å². The van der Waals surface area contributed by atoms with E-state index >= 15 is 0 Å². The predicted molar refractivity (Wildman–Crippen MR) is 41.8 cm³/mol. The minimum Gasteiger partial charge on any atom is -0.379 e. The molecule has 0 bridgehead atoms. The van der Waals surface area contributed by atoms with Crippen molar-refractivity contribution in [2.24, 2.45) is 5.92 Å². The second kappa shape index (κ2) is 4.20. The molecule has 1 fully saturated rings. The van der Waals surface area contributed by atoms with Gasteiger partial charge in [-0.2, -0.15) is 5.26 Å². The first-order valence-electron chi connectivity index (χ1n) is 4.01. The lowest BCUT2D eigenvalue weighted by Gasteiger charge is -2.08. The number of rotatable bonds is 5. The van der Waals surface area contributed by atoms with Crippen LogP contribution < -0.4 is 0 Å². The molecule has 0 spiro atoms. The highest BCUT2D eigenvalue weighted by Crippen LogP contribution is 2.28. The molecule has 11 heavy (non-hydrogen) atoms. The molecule has 0 aromatic carbocycles. The van der Waals surface area contributed by atoms with Crippen LogP contribution in [-0.4, -0.2) is 31.7 Å². The Morgan fingerprint density at radius 3 is 2.91 bits per heavy atom. The highest BCUT2D eigenvalue weighted by Gasteiger charge is 2.20. The summed E-state index contributed by atoms with van der Waals surface area (Å²) in [6, 6.07) is 0. The molecule has 0 aromatic heterocycles. The van der Waals surface area contributed by atoms with Gasteiger partial charge in [0, 0.05) is 13.7 Å². The van der Waals surface area contributed by atoms with Crippen molar-refractivity contribution in [2.45, 2.75) is 12.8 Å². The Hall–Kier alpha value is -0.750. The fourth-order valence-corrected chi connectivity index (χ4v) is 0.786. The Kier molecular flexibility index (Phi) is 3.18. The third-order valence-electron chi connectivity index (χ3n) is 1.79. The van der Waals surface area contributed by atoms with E-state index in [9.17, 15) is 0 Å². The molecule has 1 aliphatic rings. The molecule has 0 atom stereocenters. The van der Waals surface area contributed by atoms with Crippen LogP contribution in [0.4, 0.5) is 0 Å². The average molecular weight is 154 g/mol. The van der Waals surface area contributed by atoms with Gasteiger partial charge < -0.3 is 9.64 Å². The van der Waals surface area contributed by atoms with Crippen LogP contribution in [0.5, 0.6) is 0 Å². The van der Waals surface area contributed by atoms with Crippen LogP contribution in [0.25, 0.3) is 0 Å². The number of hydrogen-bond acceptors (Lipinski definition) is 3. The van der Waals surface area contributed by atoms with E-state index in [2.05, 4.69) is 0 Å². The summed E-state index contributed by atoms with van der Waals surface area (Å²) in [6.07, 6.45) is 4.68. The maximum absolute atomic E-state index is 8.38. The van der Waals surface area contributed by atoms with Gasteiger partial charge in [0.25, 0.3) is 0 Å². The van der Waals surface area contributed by atoms with Crippen molar-refractivity contribution in [2.75, 3.05) is 26.8 Å². The molecule has 0 aliphatic heterocycles. The van der Waals surface area contributed by atoms with Crippen molar-refractivity contribution in [1.82, 2.24) is 4.90 Å². The SMILES string of the molecule is CN(C#N)CCOCC1CC1. The lowest BCUT2D eigenvalue weighted by Crippen LogP contribution is -2.18. The highest BCUT2D eigenvalue weighted by molar-refractivity contribution is 4.72. The zero-order valence-electron chi connectivity index (χ0n) is 6.92. The molecule has 3 nitrogen and oxygen atoms in total. The molecule has 0 aromatic rings. The molecule has 0 saturated heterocycles. The minimum atomic E-state index is 0.681. The van der Waals surface area contributed by atoms with Crippen LogP contribution in [0, 0.1) is 17.4 Å². The average Bonchev–Trinajstić information content (AvgIpc) is 2.81.